The number of aryl methyl sites for hydroxylation is 2. The molecule has 140 valence electrons. The summed E-state index contributed by atoms with van der Waals surface area (Å²) in [6.45, 7) is 3.90. The molecule has 0 radical (unpaired) electrons. The van der Waals surface area contributed by atoms with Gasteiger partial charge in [-0.15, -0.1) is 10.2 Å². The highest BCUT2D eigenvalue weighted by molar-refractivity contribution is 5.96. The number of methoxy groups -OCH3 is 1. The fourth-order valence-electron chi connectivity index (χ4n) is 2.79. The first-order valence-electron chi connectivity index (χ1n) is 8.45. The maximum Gasteiger partial charge on any atom is 0.235 e. The van der Waals surface area contributed by atoms with E-state index in [1.807, 2.05) is 32.0 Å². The second kappa shape index (κ2) is 7.86. The summed E-state index contributed by atoms with van der Waals surface area (Å²) in [5.74, 6) is -0.216. The van der Waals surface area contributed by atoms with Crippen LogP contribution in [0.15, 0.2) is 36.4 Å². The van der Waals surface area contributed by atoms with Gasteiger partial charge in [0.2, 0.25) is 5.91 Å². The van der Waals surface area contributed by atoms with Gasteiger partial charge in [0, 0.05) is 5.69 Å². The van der Waals surface area contributed by atoms with E-state index in [1.165, 1.54) is 13.2 Å². The predicted octanol–water partition coefficient (Wildman–Crippen LogP) is 2.50. The van der Waals surface area contributed by atoms with Gasteiger partial charge in [-0.25, -0.2) is 0 Å². The van der Waals surface area contributed by atoms with Crippen molar-refractivity contribution >= 4 is 11.6 Å². The van der Waals surface area contributed by atoms with Crippen molar-refractivity contribution in [2.75, 3.05) is 12.4 Å². The Kier molecular flexibility index (Phi) is 5.35. The molecule has 0 unspecified atom stereocenters. The number of benzene rings is 2. The van der Waals surface area contributed by atoms with Crippen LogP contribution in [0.1, 0.15) is 28.4 Å². The molecule has 3 aromatic rings. The standard InChI is InChI=1S/C19H21N5O3/c1-11-4-5-12(2)15(8-11)20-19(26)14(18-21-23-24-22-18)9-13-6-7-16(25)17(10-13)27-3/h4-8,10,14,25H,9H2,1-3H3,(H,20,26)(H,21,22,23,24)/t14-/m1/s1. The van der Waals surface area contributed by atoms with Gasteiger partial charge in [0.25, 0.3) is 0 Å². The van der Waals surface area contributed by atoms with Gasteiger partial charge < -0.3 is 15.2 Å². The number of phenols is 1. The Labute approximate surface area is 156 Å². The van der Waals surface area contributed by atoms with E-state index in [0.717, 1.165) is 22.4 Å². The minimum atomic E-state index is -0.655. The molecule has 1 aromatic heterocycles. The summed E-state index contributed by atoms with van der Waals surface area (Å²) >= 11 is 0. The van der Waals surface area contributed by atoms with E-state index in [2.05, 4.69) is 25.9 Å². The fraction of sp³-hybridized carbons (Fsp3) is 0.263. The maximum absolute atomic E-state index is 13.0. The number of rotatable bonds is 6. The zero-order valence-corrected chi connectivity index (χ0v) is 15.4. The van der Waals surface area contributed by atoms with Crippen molar-refractivity contribution in [3.63, 3.8) is 0 Å². The lowest BCUT2D eigenvalue weighted by Crippen LogP contribution is -2.24. The number of aromatic nitrogens is 4. The van der Waals surface area contributed by atoms with E-state index in [1.54, 1.807) is 12.1 Å². The topological polar surface area (TPSA) is 113 Å². The number of ether oxygens (including phenoxy) is 1. The number of tetrazole rings is 1. The summed E-state index contributed by atoms with van der Waals surface area (Å²) < 4.78 is 5.14. The zero-order valence-electron chi connectivity index (χ0n) is 15.4. The highest BCUT2D eigenvalue weighted by Crippen LogP contribution is 2.29. The lowest BCUT2D eigenvalue weighted by Gasteiger charge is -2.16. The summed E-state index contributed by atoms with van der Waals surface area (Å²) in [5, 5.41) is 26.7. The van der Waals surface area contributed by atoms with Crippen LogP contribution in [-0.4, -0.2) is 38.7 Å². The molecule has 8 heteroatoms. The Bertz CT molecular complexity index is 941. The minimum absolute atomic E-state index is 0.0391. The van der Waals surface area contributed by atoms with Crippen LogP contribution in [0.4, 0.5) is 5.69 Å². The first-order chi connectivity index (χ1) is 13.0. The lowest BCUT2D eigenvalue weighted by molar-refractivity contribution is -0.117. The van der Waals surface area contributed by atoms with E-state index in [-0.39, 0.29) is 11.7 Å². The third-order valence-electron chi connectivity index (χ3n) is 4.32. The quantitative estimate of drug-likeness (QED) is 0.617. The minimum Gasteiger partial charge on any atom is -0.504 e. The number of phenolic OH excluding ortho intramolecular Hbond substituents is 1. The lowest BCUT2D eigenvalue weighted by atomic mass is 9.97. The van der Waals surface area contributed by atoms with E-state index in [9.17, 15) is 9.90 Å². The van der Waals surface area contributed by atoms with Crippen molar-refractivity contribution in [3.8, 4) is 11.5 Å². The van der Waals surface area contributed by atoms with Crippen molar-refractivity contribution in [2.45, 2.75) is 26.2 Å². The number of anilines is 1. The highest BCUT2D eigenvalue weighted by Gasteiger charge is 2.26. The summed E-state index contributed by atoms with van der Waals surface area (Å²) in [6.07, 6.45) is 0.326. The van der Waals surface area contributed by atoms with Crippen molar-refractivity contribution in [1.82, 2.24) is 20.6 Å². The molecule has 1 heterocycles. The third kappa shape index (κ3) is 4.22. The molecule has 27 heavy (non-hydrogen) atoms. The summed E-state index contributed by atoms with van der Waals surface area (Å²) in [4.78, 5) is 13.0. The van der Waals surface area contributed by atoms with Crippen molar-refractivity contribution in [1.29, 1.82) is 0 Å². The van der Waals surface area contributed by atoms with Gasteiger partial charge in [0.15, 0.2) is 17.3 Å². The monoisotopic (exact) mass is 367 g/mol. The van der Waals surface area contributed by atoms with Crippen LogP contribution in [0.5, 0.6) is 11.5 Å². The second-order valence-corrected chi connectivity index (χ2v) is 6.34. The van der Waals surface area contributed by atoms with Crippen LogP contribution in [0.25, 0.3) is 0 Å². The average Bonchev–Trinajstić information content (AvgIpc) is 3.18. The summed E-state index contributed by atoms with van der Waals surface area (Å²) in [7, 11) is 1.47. The molecule has 2 aromatic carbocycles. The van der Waals surface area contributed by atoms with E-state index in [4.69, 9.17) is 4.74 Å². The Morgan fingerprint density at radius 2 is 2.07 bits per heavy atom. The van der Waals surface area contributed by atoms with Gasteiger partial charge in [0.1, 0.15) is 5.92 Å². The molecular formula is C19H21N5O3. The molecule has 0 aliphatic heterocycles. The Hall–Kier alpha value is -3.42. The number of hydrogen-bond donors (Lipinski definition) is 3. The first kappa shape index (κ1) is 18.4. The number of nitrogens with one attached hydrogen (secondary N) is 2. The predicted molar refractivity (Wildman–Crippen MR) is 99.8 cm³/mol. The third-order valence-corrected chi connectivity index (χ3v) is 4.32. The normalized spacial score (nSPS) is 11.8. The Balaban J connectivity index is 1.88. The molecule has 1 atom stereocenters. The van der Waals surface area contributed by atoms with Crippen molar-refractivity contribution < 1.29 is 14.6 Å². The smallest absolute Gasteiger partial charge is 0.235 e. The fourth-order valence-corrected chi connectivity index (χ4v) is 2.79. The van der Waals surface area contributed by atoms with Crippen LogP contribution < -0.4 is 10.1 Å². The van der Waals surface area contributed by atoms with Gasteiger partial charge in [-0.3, -0.25) is 4.79 Å². The van der Waals surface area contributed by atoms with Gasteiger partial charge in [-0.1, -0.05) is 23.4 Å². The molecule has 0 bridgehead atoms. The number of hydrogen-bond acceptors (Lipinski definition) is 6. The molecule has 0 fully saturated rings. The molecule has 8 nitrogen and oxygen atoms in total. The number of amides is 1. The van der Waals surface area contributed by atoms with Crippen molar-refractivity contribution in [2.24, 2.45) is 0 Å². The number of carbonyl (C=O) groups is 1. The van der Waals surface area contributed by atoms with E-state index < -0.39 is 5.92 Å². The number of aromatic hydroxyl groups is 1. The molecule has 0 aliphatic carbocycles. The second-order valence-electron chi connectivity index (χ2n) is 6.34. The number of nitrogens with zero attached hydrogens (tertiary/aromatic N) is 3. The van der Waals surface area contributed by atoms with Crippen LogP contribution in [0.2, 0.25) is 0 Å². The van der Waals surface area contributed by atoms with Crippen molar-refractivity contribution in [3.05, 3.63) is 58.9 Å². The van der Waals surface area contributed by atoms with Crippen LogP contribution in [-0.2, 0) is 11.2 Å². The maximum atomic E-state index is 13.0. The Morgan fingerprint density at radius 1 is 1.26 bits per heavy atom. The van der Waals surface area contributed by atoms with E-state index in [0.29, 0.717) is 18.0 Å². The van der Waals surface area contributed by atoms with Gasteiger partial charge in [-0.2, -0.15) is 5.21 Å². The summed E-state index contributed by atoms with van der Waals surface area (Å²) in [6, 6.07) is 10.8. The molecule has 0 saturated heterocycles. The molecule has 0 saturated carbocycles. The first-order valence-corrected chi connectivity index (χ1v) is 8.45. The molecule has 1 amide bonds. The molecule has 3 rings (SSSR count). The number of aromatic amines is 1. The van der Waals surface area contributed by atoms with Crippen LogP contribution in [0.3, 0.4) is 0 Å². The molecule has 0 spiro atoms. The molecular weight excluding hydrogens is 346 g/mol. The largest absolute Gasteiger partial charge is 0.504 e. The van der Waals surface area contributed by atoms with E-state index >= 15 is 0 Å². The van der Waals surface area contributed by atoms with Gasteiger partial charge in [0.05, 0.1) is 7.11 Å². The van der Waals surface area contributed by atoms with Gasteiger partial charge in [-0.05, 0) is 55.2 Å². The summed E-state index contributed by atoms with van der Waals surface area (Å²) in [5.41, 5.74) is 3.56. The van der Waals surface area contributed by atoms with Gasteiger partial charge >= 0.3 is 0 Å². The zero-order chi connectivity index (χ0) is 19.4. The van der Waals surface area contributed by atoms with Crippen LogP contribution >= 0.6 is 0 Å². The Morgan fingerprint density at radius 3 is 2.78 bits per heavy atom. The van der Waals surface area contributed by atoms with Crippen LogP contribution in [0, 0.1) is 13.8 Å². The number of carbonyl (C=O) groups excluding carboxylic acids is 1. The molecule has 0 aliphatic rings. The highest BCUT2D eigenvalue weighted by atomic mass is 16.5. The average molecular weight is 367 g/mol. The SMILES string of the molecule is COc1cc(C[C@@H](C(=O)Nc2cc(C)ccc2C)c2nn[nH]n2)ccc1O. The number of H-pyrrole nitrogens is 1. The molecule has 3 N–H and O–H groups in total.